The fourth-order valence-electron chi connectivity index (χ4n) is 1.10. The lowest BCUT2D eigenvalue weighted by Crippen LogP contribution is -2.36. The Kier molecular flexibility index (Phi) is 2.06. The van der Waals surface area contributed by atoms with Crippen molar-refractivity contribution in [1.29, 1.82) is 0 Å². The molecule has 3 amide bonds. The average Bonchev–Trinajstić information content (AvgIpc) is 2.06. The lowest BCUT2D eigenvalue weighted by Gasteiger charge is -2.19. The minimum absolute atomic E-state index is 0.227. The van der Waals surface area contributed by atoms with Crippen molar-refractivity contribution in [3.63, 3.8) is 0 Å². The number of amides is 3. The van der Waals surface area contributed by atoms with Gasteiger partial charge in [-0.25, -0.2) is 4.79 Å². The van der Waals surface area contributed by atoms with Gasteiger partial charge in [-0.05, 0) is 13.8 Å². The normalized spacial score (nSPS) is 23.8. The SMILES string of the molecule is CC(C)(O)CC1NC(=O)NC1=O. The molecular weight excluding hydrogens is 160 g/mol. The van der Waals surface area contributed by atoms with Gasteiger partial charge in [0.05, 0.1) is 5.60 Å². The number of carbonyl (C=O) groups is 2. The molecule has 1 heterocycles. The van der Waals surface area contributed by atoms with Gasteiger partial charge in [-0.15, -0.1) is 0 Å². The van der Waals surface area contributed by atoms with Gasteiger partial charge in [0.25, 0.3) is 5.91 Å². The number of aliphatic hydroxyl groups is 1. The number of urea groups is 1. The van der Waals surface area contributed by atoms with Crippen molar-refractivity contribution >= 4 is 11.9 Å². The van der Waals surface area contributed by atoms with Gasteiger partial charge in [0, 0.05) is 6.42 Å². The number of imide groups is 1. The second-order valence-electron chi connectivity index (χ2n) is 3.53. The van der Waals surface area contributed by atoms with E-state index in [4.69, 9.17) is 0 Å². The maximum absolute atomic E-state index is 11.0. The maximum atomic E-state index is 11.0. The molecule has 0 aromatic heterocycles. The number of hydrogen-bond acceptors (Lipinski definition) is 3. The molecule has 0 aromatic rings. The Hall–Kier alpha value is -1.10. The molecule has 5 heteroatoms. The van der Waals surface area contributed by atoms with Crippen molar-refractivity contribution in [3.05, 3.63) is 0 Å². The summed E-state index contributed by atoms with van der Waals surface area (Å²) in [4.78, 5) is 21.6. The highest BCUT2D eigenvalue weighted by Crippen LogP contribution is 2.12. The van der Waals surface area contributed by atoms with Gasteiger partial charge in [-0.3, -0.25) is 10.1 Å². The van der Waals surface area contributed by atoms with Crippen LogP contribution in [0.15, 0.2) is 0 Å². The Balaban J connectivity index is 2.54. The zero-order valence-electron chi connectivity index (χ0n) is 7.05. The third-order valence-electron chi connectivity index (χ3n) is 1.56. The summed E-state index contributed by atoms with van der Waals surface area (Å²) in [5.74, 6) is -0.373. The van der Waals surface area contributed by atoms with Gasteiger partial charge in [-0.1, -0.05) is 0 Å². The molecule has 1 saturated heterocycles. The highest BCUT2D eigenvalue weighted by atomic mass is 16.3. The molecule has 1 aliphatic rings. The molecule has 1 aliphatic heterocycles. The van der Waals surface area contributed by atoms with E-state index in [2.05, 4.69) is 10.6 Å². The first kappa shape index (κ1) is 8.99. The fraction of sp³-hybridized carbons (Fsp3) is 0.714. The van der Waals surface area contributed by atoms with Gasteiger partial charge < -0.3 is 10.4 Å². The molecule has 1 fully saturated rings. The highest BCUT2D eigenvalue weighted by Gasteiger charge is 2.33. The summed E-state index contributed by atoms with van der Waals surface area (Å²) in [6.45, 7) is 3.18. The van der Waals surface area contributed by atoms with E-state index >= 15 is 0 Å². The third kappa shape index (κ3) is 2.20. The monoisotopic (exact) mass is 172 g/mol. The van der Waals surface area contributed by atoms with Crippen molar-refractivity contribution in [2.24, 2.45) is 0 Å². The number of carbonyl (C=O) groups excluding carboxylic acids is 2. The average molecular weight is 172 g/mol. The lowest BCUT2D eigenvalue weighted by atomic mass is 9.99. The Morgan fingerprint density at radius 1 is 1.50 bits per heavy atom. The first-order chi connectivity index (χ1) is 5.38. The molecule has 5 nitrogen and oxygen atoms in total. The molecule has 0 bridgehead atoms. The van der Waals surface area contributed by atoms with Gasteiger partial charge >= 0.3 is 6.03 Å². The predicted molar refractivity (Wildman–Crippen MR) is 41.4 cm³/mol. The lowest BCUT2D eigenvalue weighted by molar-refractivity contribution is -0.121. The van der Waals surface area contributed by atoms with Crippen LogP contribution in [0.1, 0.15) is 20.3 Å². The van der Waals surface area contributed by atoms with Crippen molar-refractivity contribution in [2.75, 3.05) is 0 Å². The molecule has 1 unspecified atom stereocenters. The van der Waals surface area contributed by atoms with Gasteiger partial charge in [0.15, 0.2) is 0 Å². The Labute approximate surface area is 70.1 Å². The van der Waals surface area contributed by atoms with Crippen LogP contribution in [-0.4, -0.2) is 28.7 Å². The molecule has 1 rings (SSSR count). The zero-order chi connectivity index (χ0) is 9.35. The van der Waals surface area contributed by atoms with Crippen LogP contribution >= 0.6 is 0 Å². The summed E-state index contributed by atoms with van der Waals surface area (Å²) in [5, 5.41) is 13.8. The van der Waals surface area contributed by atoms with E-state index in [0.29, 0.717) is 0 Å². The van der Waals surface area contributed by atoms with Crippen LogP contribution in [0, 0.1) is 0 Å². The van der Waals surface area contributed by atoms with E-state index in [-0.39, 0.29) is 12.3 Å². The van der Waals surface area contributed by atoms with E-state index in [1.807, 2.05) is 0 Å². The molecule has 1 atom stereocenters. The molecule has 0 spiro atoms. The highest BCUT2D eigenvalue weighted by molar-refractivity contribution is 6.04. The van der Waals surface area contributed by atoms with Crippen LogP contribution in [0.4, 0.5) is 4.79 Å². The minimum atomic E-state index is -0.945. The zero-order valence-corrected chi connectivity index (χ0v) is 7.05. The molecule has 0 saturated carbocycles. The molecular formula is C7H12N2O3. The van der Waals surface area contributed by atoms with Crippen LogP contribution in [0.3, 0.4) is 0 Å². The van der Waals surface area contributed by atoms with Crippen LogP contribution in [0.2, 0.25) is 0 Å². The number of hydrogen-bond donors (Lipinski definition) is 3. The van der Waals surface area contributed by atoms with Crippen LogP contribution in [0.25, 0.3) is 0 Å². The fourth-order valence-corrected chi connectivity index (χ4v) is 1.10. The third-order valence-corrected chi connectivity index (χ3v) is 1.56. The van der Waals surface area contributed by atoms with Crippen molar-refractivity contribution in [3.8, 4) is 0 Å². The molecule has 3 N–H and O–H groups in total. The largest absolute Gasteiger partial charge is 0.390 e. The van der Waals surface area contributed by atoms with Gasteiger partial charge in [-0.2, -0.15) is 0 Å². The van der Waals surface area contributed by atoms with E-state index in [0.717, 1.165) is 0 Å². The van der Waals surface area contributed by atoms with E-state index < -0.39 is 17.7 Å². The molecule has 0 radical (unpaired) electrons. The standard InChI is InChI=1S/C7H12N2O3/c1-7(2,12)3-4-5(10)9-6(11)8-4/h4,12H,3H2,1-2H3,(H2,8,9,10,11). The summed E-state index contributed by atoms with van der Waals surface area (Å²) < 4.78 is 0. The summed E-state index contributed by atoms with van der Waals surface area (Å²) in [6.07, 6.45) is 0.227. The number of rotatable bonds is 2. The minimum Gasteiger partial charge on any atom is -0.390 e. The second kappa shape index (κ2) is 2.75. The second-order valence-corrected chi connectivity index (χ2v) is 3.53. The van der Waals surface area contributed by atoms with Crippen molar-refractivity contribution in [1.82, 2.24) is 10.6 Å². The molecule has 12 heavy (non-hydrogen) atoms. The summed E-state index contributed by atoms with van der Waals surface area (Å²) in [7, 11) is 0. The van der Waals surface area contributed by atoms with Crippen LogP contribution in [0.5, 0.6) is 0 Å². The van der Waals surface area contributed by atoms with E-state index in [9.17, 15) is 14.7 Å². The molecule has 0 aromatic carbocycles. The predicted octanol–water partition coefficient (Wildman–Crippen LogP) is -0.645. The molecule has 0 aliphatic carbocycles. The Morgan fingerprint density at radius 3 is 2.42 bits per heavy atom. The Bertz CT molecular complexity index is 219. The smallest absolute Gasteiger partial charge is 0.322 e. The topological polar surface area (TPSA) is 78.4 Å². The van der Waals surface area contributed by atoms with Gasteiger partial charge in [0.2, 0.25) is 0 Å². The van der Waals surface area contributed by atoms with Crippen LogP contribution < -0.4 is 10.6 Å². The van der Waals surface area contributed by atoms with E-state index in [1.54, 1.807) is 13.8 Å². The maximum Gasteiger partial charge on any atom is 0.322 e. The van der Waals surface area contributed by atoms with Crippen LogP contribution in [-0.2, 0) is 4.79 Å². The van der Waals surface area contributed by atoms with E-state index in [1.165, 1.54) is 0 Å². The quantitative estimate of drug-likeness (QED) is 0.484. The summed E-state index contributed by atoms with van der Waals surface area (Å²) in [6, 6.07) is -1.09. The van der Waals surface area contributed by atoms with Crippen molar-refractivity contribution in [2.45, 2.75) is 31.9 Å². The Morgan fingerprint density at radius 2 is 2.08 bits per heavy atom. The molecule has 68 valence electrons. The first-order valence-electron chi connectivity index (χ1n) is 3.72. The van der Waals surface area contributed by atoms with Gasteiger partial charge in [0.1, 0.15) is 6.04 Å². The first-order valence-corrected chi connectivity index (χ1v) is 3.72. The summed E-state index contributed by atoms with van der Waals surface area (Å²) in [5.41, 5.74) is -0.945. The number of nitrogens with one attached hydrogen (secondary N) is 2. The summed E-state index contributed by atoms with van der Waals surface area (Å²) >= 11 is 0. The van der Waals surface area contributed by atoms with Crippen molar-refractivity contribution < 1.29 is 14.7 Å².